The van der Waals surface area contributed by atoms with E-state index < -0.39 is 0 Å². The van der Waals surface area contributed by atoms with Gasteiger partial charge >= 0.3 is 0 Å². The Balaban J connectivity index is 1.57. The average Bonchev–Trinajstić information content (AvgIpc) is 3.12. The predicted octanol–water partition coefficient (Wildman–Crippen LogP) is 5.59. The highest BCUT2D eigenvalue weighted by atomic mass is 79.9. The van der Waals surface area contributed by atoms with Crippen LogP contribution in [0.2, 0.25) is 5.02 Å². The molecule has 8 heteroatoms. The number of hydrogen-bond donors (Lipinski definition) is 2. The summed E-state index contributed by atoms with van der Waals surface area (Å²) < 4.78 is 6.61. The second-order valence-corrected chi connectivity index (χ2v) is 7.45. The number of anilines is 1. The molecule has 0 atom stereocenters. The van der Waals surface area contributed by atoms with Crippen molar-refractivity contribution in [2.75, 3.05) is 5.32 Å². The van der Waals surface area contributed by atoms with Gasteiger partial charge in [-0.15, -0.1) is 0 Å². The van der Waals surface area contributed by atoms with Crippen LogP contribution in [0, 0.1) is 6.92 Å². The topological polar surface area (TPSA) is 67.2 Å². The first kappa shape index (κ1) is 20.3. The number of thiocarbonyl (C=S) groups is 1. The zero-order valence-corrected chi connectivity index (χ0v) is 17.9. The number of carbonyl (C=O) groups excluding carboxylic acids is 1. The van der Waals surface area contributed by atoms with E-state index in [1.807, 2.05) is 31.2 Å². The van der Waals surface area contributed by atoms with E-state index >= 15 is 0 Å². The molecule has 2 aromatic heterocycles. The van der Waals surface area contributed by atoms with Gasteiger partial charge in [0.2, 0.25) is 5.91 Å². The molecule has 0 saturated carbocycles. The number of aromatic nitrogens is 1. The molecule has 2 heterocycles. The first-order valence-electron chi connectivity index (χ1n) is 8.20. The number of hydrogen-bond acceptors (Lipinski definition) is 4. The molecule has 0 spiro atoms. The molecule has 0 aliphatic rings. The third kappa shape index (κ3) is 5.51. The third-order valence-electron chi connectivity index (χ3n) is 3.65. The summed E-state index contributed by atoms with van der Waals surface area (Å²) in [6.07, 6.45) is 2.91. The number of benzene rings is 1. The molecule has 0 radical (unpaired) electrons. The summed E-state index contributed by atoms with van der Waals surface area (Å²) in [5.41, 5.74) is 1.71. The van der Waals surface area contributed by atoms with Crippen LogP contribution in [0.3, 0.4) is 0 Å². The largest absolute Gasteiger partial charge is 0.457 e. The molecular formula is C20H15BrClN3O2S. The van der Waals surface area contributed by atoms with Crippen LogP contribution in [-0.2, 0) is 4.79 Å². The number of halogens is 2. The van der Waals surface area contributed by atoms with E-state index in [-0.39, 0.29) is 11.0 Å². The van der Waals surface area contributed by atoms with E-state index in [1.54, 1.807) is 30.3 Å². The molecule has 5 nitrogen and oxygen atoms in total. The molecule has 0 unspecified atom stereocenters. The van der Waals surface area contributed by atoms with Crippen molar-refractivity contribution in [3.8, 4) is 11.3 Å². The second-order valence-electron chi connectivity index (χ2n) is 5.75. The van der Waals surface area contributed by atoms with Crippen molar-refractivity contribution in [2.24, 2.45) is 0 Å². The summed E-state index contributed by atoms with van der Waals surface area (Å²) in [5, 5.41) is 6.25. The van der Waals surface area contributed by atoms with Crippen LogP contribution in [0.5, 0.6) is 0 Å². The van der Waals surface area contributed by atoms with Crippen molar-refractivity contribution in [3.05, 3.63) is 75.6 Å². The number of nitrogens with one attached hydrogen (secondary N) is 2. The van der Waals surface area contributed by atoms with Gasteiger partial charge in [-0.3, -0.25) is 10.1 Å². The highest BCUT2D eigenvalue weighted by Gasteiger charge is 2.06. The molecule has 0 aliphatic heterocycles. The van der Waals surface area contributed by atoms with Crippen LogP contribution in [0.15, 0.2) is 63.5 Å². The van der Waals surface area contributed by atoms with Gasteiger partial charge in [0.25, 0.3) is 0 Å². The Morgan fingerprint density at radius 1 is 1.18 bits per heavy atom. The predicted molar refractivity (Wildman–Crippen MR) is 119 cm³/mol. The Bertz CT molecular complexity index is 1050. The minimum absolute atomic E-state index is 0.158. The molecule has 3 rings (SSSR count). The average molecular weight is 477 g/mol. The van der Waals surface area contributed by atoms with E-state index in [4.69, 9.17) is 28.2 Å². The van der Waals surface area contributed by atoms with E-state index in [9.17, 15) is 4.79 Å². The molecular weight excluding hydrogens is 462 g/mol. The fourth-order valence-corrected chi connectivity index (χ4v) is 2.84. The zero-order chi connectivity index (χ0) is 20.1. The van der Waals surface area contributed by atoms with Crippen molar-refractivity contribution < 1.29 is 9.21 Å². The van der Waals surface area contributed by atoms with Crippen molar-refractivity contribution in [2.45, 2.75) is 6.92 Å². The first-order valence-corrected chi connectivity index (χ1v) is 9.77. The number of nitrogens with zero attached hydrogens (tertiary/aromatic N) is 1. The first-order chi connectivity index (χ1) is 13.4. The fourth-order valence-electron chi connectivity index (χ4n) is 2.28. The van der Waals surface area contributed by atoms with Crippen molar-refractivity contribution in [1.82, 2.24) is 10.3 Å². The van der Waals surface area contributed by atoms with Gasteiger partial charge in [0.15, 0.2) is 5.11 Å². The lowest BCUT2D eigenvalue weighted by molar-refractivity contribution is -0.115. The maximum Gasteiger partial charge on any atom is 0.250 e. The van der Waals surface area contributed by atoms with Crippen LogP contribution >= 0.6 is 39.7 Å². The Morgan fingerprint density at radius 2 is 1.93 bits per heavy atom. The standard InChI is InChI=1S/C20H15BrClN3O2S/c1-12-16(21)8-10-18(23-12)24-20(28)25-19(26)11-7-15-6-9-17(27-15)13-2-4-14(22)5-3-13/h2-11H,1H3,(H2,23,24,25,26,28). The van der Waals surface area contributed by atoms with Crippen LogP contribution < -0.4 is 10.6 Å². The van der Waals surface area contributed by atoms with Gasteiger partial charge in [0, 0.05) is 21.1 Å². The van der Waals surface area contributed by atoms with E-state index in [0.29, 0.717) is 22.4 Å². The van der Waals surface area contributed by atoms with Crippen molar-refractivity contribution in [1.29, 1.82) is 0 Å². The highest BCUT2D eigenvalue weighted by Crippen LogP contribution is 2.24. The Morgan fingerprint density at radius 3 is 2.64 bits per heavy atom. The lowest BCUT2D eigenvalue weighted by Gasteiger charge is -2.08. The summed E-state index contributed by atoms with van der Waals surface area (Å²) >= 11 is 14.4. The smallest absolute Gasteiger partial charge is 0.250 e. The summed E-state index contributed by atoms with van der Waals surface area (Å²) in [5.74, 6) is 1.40. The molecule has 1 aromatic carbocycles. The van der Waals surface area contributed by atoms with E-state index in [0.717, 1.165) is 15.7 Å². The summed E-state index contributed by atoms with van der Waals surface area (Å²) in [4.78, 5) is 16.4. The normalized spacial score (nSPS) is 10.8. The number of rotatable bonds is 4. The van der Waals surface area contributed by atoms with Crippen molar-refractivity contribution in [3.63, 3.8) is 0 Å². The molecule has 0 aliphatic carbocycles. The molecule has 0 bridgehead atoms. The van der Waals surface area contributed by atoms with Crippen LogP contribution in [0.25, 0.3) is 17.4 Å². The SMILES string of the molecule is Cc1nc(NC(=S)NC(=O)C=Cc2ccc(-c3ccc(Cl)cc3)o2)ccc1Br. The maximum atomic E-state index is 12.0. The summed E-state index contributed by atoms with van der Waals surface area (Å²) in [7, 11) is 0. The van der Waals surface area contributed by atoms with E-state index in [2.05, 4.69) is 31.5 Å². The van der Waals surface area contributed by atoms with Crippen LogP contribution in [-0.4, -0.2) is 16.0 Å². The van der Waals surface area contributed by atoms with Gasteiger partial charge in [-0.1, -0.05) is 11.6 Å². The van der Waals surface area contributed by atoms with Gasteiger partial charge in [-0.2, -0.15) is 0 Å². The highest BCUT2D eigenvalue weighted by molar-refractivity contribution is 9.10. The van der Waals surface area contributed by atoms with E-state index in [1.165, 1.54) is 6.08 Å². The minimum Gasteiger partial charge on any atom is -0.457 e. The maximum absolute atomic E-state index is 12.0. The van der Waals surface area contributed by atoms with Gasteiger partial charge in [-0.05, 0) is 89.7 Å². The Hall–Kier alpha value is -2.48. The molecule has 3 aromatic rings. The Labute approximate surface area is 180 Å². The number of pyridine rings is 1. The van der Waals surface area contributed by atoms with Crippen molar-refractivity contribution >= 4 is 62.7 Å². The van der Waals surface area contributed by atoms with Gasteiger partial charge in [0.1, 0.15) is 17.3 Å². The van der Waals surface area contributed by atoms with Gasteiger partial charge in [0.05, 0.1) is 5.69 Å². The number of aryl methyl sites for hydroxylation is 1. The Kier molecular flexibility index (Phi) is 6.61. The number of amides is 1. The summed E-state index contributed by atoms with van der Waals surface area (Å²) in [6.45, 7) is 1.86. The molecule has 1 amide bonds. The van der Waals surface area contributed by atoms with Gasteiger partial charge in [-0.25, -0.2) is 4.98 Å². The number of furan rings is 1. The minimum atomic E-state index is -0.379. The molecule has 142 valence electrons. The third-order valence-corrected chi connectivity index (χ3v) is 4.95. The second kappa shape index (κ2) is 9.14. The zero-order valence-electron chi connectivity index (χ0n) is 14.7. The van der Waals surface area contributed by atoms with Crippen LogP contribution in [0.4, 0.5) is 5.82 Å². The number of carbonyl (C=O) groups is 1. The molecule has 2 N–H and O–H groups in total. The quantitative estimate of drug-likeness (QED) is 0.379. The monoisotopic (exact) mass is 475 g/mol. The lowest BCUT2D eigenvalue weighted by Crippen LogP contribution is -2.33. The summed E-state index contributed by atoms with van der Waals surface area (Å²) in [6, 6.07) is 14.5. The molecule has 28 heavy (non-hydrogen) atoms. The van der Waals surface area contributed by atoms with Crippen LogP contribution in [0.1, 0.15) is 11.5 Å². The van der Waals surface area contributed by atoms with Gasteiger partial charge < -0.3 is 9.73 Å². The molecule has 0 saturated heterocycles. The lowest BCUT2D eigenvalue weighted by atomic mass is 10.2. The fraction of sp³-hybridized carbons (Fsp3) is 0.0500. The molecule has 0 fully saturated rings.